The molecule has 1 N–H and O–H groups in total. The molecule has 84 valence electrons. The highest BCUT2D eigenvalue weighted by Gasteiger charge is 2.09. The van der Waals surface area contributed by atoms with E-state index in [1.54, 1.807) is 0 Å². The summed E-state index contributed by atoms with van der Waals surface area (Å²) in [5.41, 5.74) is 1.78. The molecule has 1 aromatic rings. The summed E-state index contributed by atoms with van der Waals surface area (Å²) in [6, 6.07) is 0. The second-order valence-corrected chi connectivity index (χ2v) is 3.75. The van der Waals surface area contributed by atoms with Gasteiger partial charge >= 0.3 is 0 Å². The number of aryl methyl sites for hydroxylation is 2. The molecule has 0 aliphatic heterocycles. The molecule has 0 saturated heterocycles. The molecular formula is C10H15ClN2O2. The van der Waals surface area contributed by atoms with E-state index in [0.717, 1.165) is 17.0 Å². The average molecular weight is 231 g/mol. The molecule has 0 aliphatic rings. The minimum Gasteiger partial charge on any atom is -0.361 e. The van der Waals surface area contributed by atoms with Gasteiger partial charge < -0.3 is 9.84 Å². The van der Waals surface area contributed by atoms with Crippen molar-refractivity contribution in [2.45, 2.75) is 33.2 Å². The standard InChI is InChI=1S/C10H15ClN2O2/c1-7-9(8(2)15-13-7)6-12-10(14)4-3-5-11/h3-6H2,1-2H3,(H,12,14). The highest BCUT2D eigenvalue weighted by molar-refractivity contribution is 6.17. The smallest absolute Gasteiger partial charge is 0.220 e. The fourth-order valence-corrected chi connectivity index (χ4v) is 1.39. The molecule has 1 rings (SSSR count). The lowest BCUT2D eigenvalue weighted by molar-refractivity contribution is -0.121. The zero-order valence-electron chi connectivity index (χ0n) is 8.97. The Balaban J connectivity index is 2.40. The second-order valence-electron chi connectivity index (χ2n) is 3.37. The molecule has 1 heterocycles. The summed E-state index contributed by atoms with van der Waals surface area (Å²) < 4.78 is 4.99. The number of aromatic nitrogens is 1. The molecule has 0 unspecified atom stereocenters. The molecule has 15 heavy (non-hydrogen) atoms. The van der Waals surface area contributed by atoms with Crippen LogP contribution in [0, 0.1) is 13.8 Å². The normalized spacial score (nSPS) is 10.3. The lowest BCUT2D eigenvalue weighted by atomic mass is 10.2. The van der Waals surface area contributed by atoms with Gasteiger partial charge in [0, 0.05) is 24.4 Å². The van der Waals surface area contributed by atoms with Crippen LogP contribution in [0.4, 0.5) is 0 Å². The van der Waals surface area contributed by atoms with E-state index in [1.807, 2.05) is 13.8 Å². The quantitative estimate of drug-likeness (QED) is 0.787. The molecule has 0 atom stereocenters. The minimum absolute atomic E-state index is 0.00986. The Morgan fingerprint density at radius 2 is 2.27 bits per heavy atom. The van der Waals surface area contributed by atoms with Gasteiger partial charge in [-0.3, -0.25) is 4.79 Å². The van der Waals surface area contributed by atoms with Gasteiger partial charge in [0.25, 0.3) is 0 Å². The fraction of sp³-hybridized carbons (Fsp3) is 0.600. The number of amides is 1. The Morgan fingerprint density at radius 1 is 1.53 bits per heavy atom. The van der Waals surface area contributed by atoms with Crippen molar-refractivity contribution < 1.29 is 9.32 Å². The number of carbonyl (C=O) groups excluding carboxylic acids is 1. The van der Waals surface area contributed by atoms with Gasteiger partial charge in [-0.2, -0.15) is 0 Å². The first-order valence-electron chi connectivity index (χ1n) is 4.89. The maximum absolute atomic E-state index is 11.3. The van der Waals surface area contributed by atoms with Crippen LogP contribution in [0.15, 0.2) is 4.52 Å². The van der Waals surface area contributed by atoms with Gasteiger partial charge in [0.15, 0.2) is 0 Å². The fourth-order valence-electron chi connectivity index (χ4n) is 1.26. The largest absolute Gasteiger partial charge is 0.361 e. The summed E-state index contributed by atoms with van der Waals surface area (Å²) in [5.74, 6) is 1.28. The van der Waals surface area contributed by atoms with Crippen molar-refractivity contribution in [1.29, 1.82) is 0 Å². The van der Waals surface area contributed by atoms with E-state index in [9.17, 15) is 4.79 Å². The van der Waals surface area contributed by atoms with Crippen LogP contribution in [-0.2, 0) is 11.3 Å². The Hall–Kier alpha value is -1.03. The molecule has 0 bridgehead atoms. The van der Waals surface area contributed by atoms with Gasteiger partial charge in [0.05, 0.1) is 5.69 Å². The Labute approximate surface area is 94.0 Å². The first kappa shape index (κ1) is 12.0. The van der Waals surface area contributed by atoms with E-state index in [1.165, 1.54) is 0 Å². The minimum atomic E-state index is 0.00986. The van der Waals surface area contributed by atoms with Crippen LogP contribution in [0.25, 0.3) is 0 Å². The van der Waals surface area contributed by atoms with Crippen LogP contribution in [0.5, 0.6) is 0 Å². The van der Waals surface area contributed by atoms with Gasteiger partial charge in [-0.05, 0) is 20.3 Å². The van der Waals surface area contributed by atoms with Crippen molar-refractivity contribution in [1.82, 2.24) is 10.5 Å². The van der Waals surface area contributed by atoms with Crippen molar-refractivity contribution in [3.05, 3.63) is 17.0 Å². The Bertz CT molecular complexity index is 317. The predicted molar refractivity (Wildman–Crippen MR) is 57.8 cm³/mol. The van der Waals surface area contributed by atoms with Crippen molar-refractivity contribution in [2.24, 2.45) is 0 Å². The number of alkyl halides is 1. The number of hydrogen-bond acceptors (Lipinski definition) is 3. The van der Waals surface area contributed by atoms with Crippen molar-refractivity contribution in [2.75, 3.05) is 5.88 Å². The zero-order valence-corrected chi connectivity index (χ0v) is 9.73. The number of nitrogens with zero attached hydrogens (tertiary/aromatic N) is 1. The Morgan fingerprint density at radius 3 is 2.80 bits per heavy atom. The van der Waals surface area contributed by atoms with Gasteiger partial charge in [-0.1, -0.05) is 5.16 Å². The van der Waals surface area contributed by atoms with Gasteiger partial charge in [0.1, 0.15) is 5.76 Å². The molecule has 0 spiro atoms. The Kier molecular flexibility index (Phi) is 4.62. The molecule has 1 aromatic heterocycles. The van der Waals surface area contributed by atoms with Crippen LogP contribution in [0.3, 0.4) is 0 Å². The number of carbonyl (C=O) groups is 1. The van der Waals surface area contributed by atoms with Gasteiger partial charge in [-0.25, -0.2) is 0 Å². The maximum atomic E-state index is 11.3. The molecule has 0 aromatic carbocycles. The molecule has 4 nitrogen and oxygen atoms in total. The van der Waals surface area contributed by atoms with Crippen molar-refractivity contribution >= 4 is 17.5 Å². The van der Waals surface area contributed by atoms with E-state index in [-0.39, 0.29) is 5.91 Å². The first-order valence-corrected chi connectivity index (χ1v) is 5.43. The lowest BCUT2D eigenvalue weighted by Gasteiger charge is -2.03. The van der Waals surface area contributed by atoms with Crippen molar-refractivity contribution in [3.8, 4) is 0 Å². The monoisotopic (exact) mass is 230 g/mol. The van der Waals surface area contributed by atoms with Crippen LogP contribution in [-0.4, -0.2) is 16.9 Å². The maximum Gasteiger partial charge on any atom is 0.220 e. The first-order chi connectivity index (χ1) is 7.15. The summed E-state index contributed by atoms with van der Waals surface area (Å²) in [4.78, 5) is 11.3. The number of rotatable bonds is 5. The third kappa shape index (κ3) is 3.55. The highest BCUT2D eigenvalue weighted by atomic mass is 35.5. The zero-order chi connectivity index (χ0) is 11.3. The van der Waals surface area contributed by atoms with Crippen LogP contribution in [0.2, 0.25) is 0 Å². The van der Waals surface area contributed by atoms with Gasteiger partial charge in [0.2, 0.25) is 5.91 Å². The van der Waals surface area contributed by atoms with E-state index >= 15 is 0 Å². The summed E-state index contributed by atoms with van der Waals surface area (Å²) >= 11 is 5.49. The van der Waals surface area contributed by atoms with E-state index in [2.05, 4.69) is 10.5 Å². The van der Waals surface area contributed by atoms with E-state index in [0.29, 0.717) is 25.3 Å². The number of nitrogens with one attached hydrogen (secondary N) is 1. The van der Waals surface area contributed by atoms with Gasteiger partial charge in [-0.15, -0.1) is 11.6 Å². The third-order valence-corrected chi connectivity index (χ3v) is 2.45. The second kappa shape index (κ2) is 5.75. The van der Waals surface area contributed by atoms with Crippen LogP contribution >= 0.6 is 11.6 Å². The molecular weight excluding hydrogens is 216 g/mol. The molecule has 0 aliphatic carbocycles. The predicted octanol–water partition coefficient (Wildman–Crippen LogP) is 1.93. The number of hydrogen-bond donors (Lipinski definition) is 1. The molecule has 0 fully saturated rings. The topological polar surface area (TPSA) is 55.1 Å². The number of halogens is 1. The summed E-state index contributed by atoms with van der Waals surface area (Å²) in [6.07, 6.45) is 1.17. The van der Waals surface area contributed by atoms with Crippen LogP contribution < -0.4 is 5.32 Å². The molecule has 1 amide bonds. The van der Waals surface area contributed by atoms with E-state index < -0.39 is 0 Å². The molecule has 5 heteroatoms. The summed E-state index contributed by atoms with van der Waals surface area (Å²) in [5, 5.41) is 6.61. The summed E-state index contributed by atoms with van der Waals surface area (Å²) in [6.45, 7) is 4.17. The SMILES string of the molecule is Cc1noc(C)c1CNC(=O)CCCCl. The lowest BCUT2D eigenvalue weighted by Crippen LogP contribution is -2.22. The van der Waals surface area contributed by atoms with Crippen LogP contribution in [0.1, 0.15) is 29.9 Å². The third-order valence-electron chi connectivity index (χ3n) is 2.18. The molecule has 0 saturated carbocycles. The van der Waals surface area contributed by atoms with Crippen molar-refractivity contribution in [3.63, 3.8) is 0 Å². The average Bonchev–Trinajstić information content (AvgIpc) is 2.53. The molecule has 0 radical (unpaired) electrons. The highest BCUT2D eigenvalue weighted by Crippen LogP contribution is 2.11. The summed E-state index contributed by atoms with van der Waals surface area (Å²) in [7, 11) is 0. The van der Waals surface area contributed by atoms with E-state index in [4.69, 9.17) is 16.1 Å².